The minimum Gasteiger partial charge on any atom is -0.504 e. The van der Waals surface area contributed by atoms with Gasteiger partial charge in [-0.15, -0.1) is 15.0 Å². The summed E-state index contributed by atoms with van der Waals surface area (Å²) in [4.78, 5) is 13.7. The van der Waals surface area contributed by atoms with Crippen LogP contribution in [0.2, 0.25) is 5.02 Å². The van der Waals surface area contributed by atoms with Crippen LogP contribution >= 0.6 is 11.6 Å². The molecule has 0 atom stereocenters. The third kappa shape index (κ3) is 3.89. The van der Waals surface area contributed by atoms with Gasteiger partial charge < -0.3 is 15.7 Å². The molecule has 0 radical (unpaired) electrons. The summed E-state index contributed by atoms with van der Waals surface area (Å²) in [5.74, 6) is -0.0872. The minimum absolute atomic E-state index is 0.0872. The number of nitrogens with zero attached hydrogens (tertiary/aromatic N) is 3. The fourth-order valence-corrected chi connectivity index (χ4v) is 3.76. The van der Waals surface area contributed by atoms with E-state index in [-0.39, 0.29) is 17.8 Å². The van der Waals surface area contributed by atoms with Gasteiger partial charge in [0.2, 0.25) is 0 Å². The lowest BCUT2D eigenvalue weighted by Crippen LogP contribution is -2.39. The van der Waals surface area contributed by atoms with Crippen LogP contribution in [-0.4, -0.2) is 32.2 Å². The van der Waals surface area contributed by atoms with Crippen molar-refractivity contribution in [2.45, 2.75) is 45.1 Å². The van der Waals surface area contributed by atoms with Crippen LogP contribution in [0.15, 0.2) is 30.3 Å². The number of aromatic hydroxyl groups is 1. The molecule has 2 aromatic carbocycles. The number of carbonyl (C=O) groups is 1. The van der Waals surface area contributed by atoms with Crippen LogP contribution in [0.1, 0.15) is 37.7 Å². The summed E-state index contributed by atoms with van der Waals surface area (Å²) in [6.07, 6.45) is 5.47. The number of phenolic OH excluding ortho intramolecular Hbond substituents is 1. The number of amides is 2. The highest BCUT2D eigenvalue weighted by Gasteiger charge is 2.18. The molecule has 1 aliphatic carbocycles. The van der Waals surface area contributed by atoms with Gasteiger partial charge in [0.15, 0.2) is 5.75 Å². The maximum Gasteiger partial charge on any atom is 0.319 e. The number of aromatic nitrogens is 3. The summed E-state index contributed by atoms with van der Waals surface area (Å²) in [7, 11) is 0. The van der Waals surface area contributed by atoms with Crippen molar-refractivity contribution < 1.29 is 9.90 Å². The molecular formula is C20H22ClN5O2. The Bertz CT molecular complexity index is 1030. The quantitative estimate of drug-likeness (QED) is 0.563. The standard InChI is InChI=1S/C20H22ClN5O2/c1-12-9-17(23-20(28)22-14-5-3-2-4-6-14)19(27)18(10-12)26-24-15-8-7-13(21)11-16(15)25-26/h7-11,14,27H,2-6H2,1H3,(H2,22,23,28). The molecule has 7 nitrogen and oxygen atoms in total. The predicted octanol–water partition coefficient (Wildman–Crippen LogP) is 4.54. The number of aryl methyl sites for hydroxylation is 1. The van der Waals surface area contributed by atoms with Crippen LogP contribution in [0.25, 0.3) is 16.7 Å². The molecular weight excluding hydrogens is 378 g/mol. The monoisotopic (exact) mass is 399 g/mol. The number of nitrogens with one attached hydrogen (secondary N) is 2. The molecule has 1 aromatic heterocycles. The first-order valence-electron chi connectivity index (χ1n) is 9.44. The van der Waals surface area contributed by atoms with E-state index in [1.54, 1.807) is 30.3 Å². The van der Waals surface area contributed by atoms with E-state index in [1.165, 1.54) is 11.2 Å². The van der Waals surface area contributed by atoms with E-state index in [4.69, 9.17) is 11.6 Å². The van der Waals surface area contributed by atoms with Crippen LogP contribution in [-0.2, 0) is 0 Å². The van der Waals surface area contributed by atoms with Crippen LogP contribution in [0, 0.1) is 6.92 Å². The molecule has 4 rings (SSSR count). The molecule has 0 unspecified atom stereocenters. The summed E-state index contributed by atoms with van der Waals surface area (Å²) in [6.45, 7) is 1.88. The van der Waals surface area contributed by atoms with Crippen LogP contribution < -0.4 is 10.6 Å². The second-order valence-corrected chi connectivity index (χ2v) is 7.67. The van der Waals surface area contributed by atoms with Crippen molar-refractivity contribution in [1.29, 1.82) is 0 Å². The van der Waals surface area contributed by atoms with Gasteiger partial charge in [0, 0.05) is 11.1 Å². The molecule has 0 saturated heterocycles. The number of fused-ring (bicyclic) bond motifs is 1. The van der Waals surface area contributed by atoms with Gasteiger partial charge in [0.05, 0.1) is 5.69 Å². The predicted molar refractivity (Wildman–Crippen MR) is 109 cm³/mol. The smallest absolute Gasteiger partial charge is 0.319 e. The summed E-state index contributed by atoms with van der Waals surface area (Å²) in [5, 5.41) is 25.8. The van der Waals surface area contributed by atoms with Crippen LogP contribution in [0.3, 0.4) is 0 Å². The Morgan fingerprint density at radius 1 is 1.14 bits per heavy atom. The van der Waals surface area contributed by atoms with Crippen molar-refractivity contribution in [2.75, 3.05) is 5.32 Å². The first kappa shape index (κ1) is 18.6. The number of halogens is 1. The molecule has 2 amide bonds. The van der Waals surface area contributed by atoms with E-state index < -0.39 is 0 Å². The third-order valence-electron chi connectivity index (χ3n) is 4.98. The molecule has 1 saturated carbocycles. The van der Waals surface area contributed by atoms with Crippen molar-refractivity contribution in [3.63, 3.8) is 0 Å². The normalized spacial score (nSPS) is 14.9. The molecule has 28 heavy (non-hydrogen) atoms. The largest absolute Gasteiger partial charge is 0.504 e. The van der Waals surface area contributed by atoms with E-state index in [9.17, 15) is 9.90 Å². The number of phenols is 1. The topological polar surface area (TPSA) is 92.1 Å². The van der Waals surface area contributed by atoms with E-state index >= 15 is 0 Å². The molecule has 1 heterocycles. The fraction of sp³-hybridized carbons (Fsp3) is 0.350. The third-order valence-corrected chi connectivity index (χ3v) is 5.22. The van der Waals surface area contributed by atoms with Crippen molar-refractivity contribution in [3.8, 4) is 11.4 Å². The Labute approximate surface area is 167 Å². The number of carbonyl (C=O) groups excluding carboxylic acids is 1. The van der Waals surface area contributed by atoms with E-state index in [0.717, 1.165) is 31.2 Å². The Hall–Kier alpha value is -2.80. The molecule has 0 bridgehead atoms. The fourth-order valence-electron chi connectivity index (χ4n) is 3.59. The van der Waals surface area contributed by atoms with Gasteiger partial charge in [0.25, 0.3) is 0 Å². The summed E-state index contributed by atoms with van der Waals surface area (Å²) in [6, 6.07) is 8.57. The summed E-state index contributed by atoms with van der Waals surface area (Å²) in [5.41, 5.74) is 2.86. The van der Waals surface area contributed by atoms with Crippen molar-refractivity contribution >= 4 is 34.4 Å². The number of rotatable bonds is 3. The Kier molecular flexibility index (Phi) is 5.09. The Morgan fingerprint density at radius 2 is 1.89 bits per heavy atom. The number of anilines is 1. The number of benzene rings is 2. The minimum atomic E-state index is -0.316. The molecule has 0 aliphatic heterocycles. The average molecular weight is 400 g/mol. The maximum absolute atomic E-state index is 12.4. The van der Waals surface area contributed by atoms with Crippen molar-refractivity contribution in [3.05, 3.63) is 40.9 Å². The zero-order valence-electron chi connectivity index (χ0n) is 15.6. The van der Waals surface area contributed by atoms with Gasteiger partial charge >= 0.3 is 6.03 Å². The number of urea groups is 1. The second kappa shape index (κ2) is 7.67. The van der Waals surface area contributed by atoms with Gasteiger partial charge in [0.1, 0.15) is 16.7 Å². The lowest BCUT2D eigenvalue weighted by molar-refractivity contribution is 0.244. The molecule has 146 valence electrons. The van der Waals surface area contributed by atoms with Gasteiger partial charge in [-0.05, 0) is 55.7 Å². The first-order valence-corrected chi connectivity index (χ1v) is 9.81. The van der Waals surface area contributed by atoms with E-state index in [0.29, 0.717) is 27.4 Å². The van der Waals surface area contributed by atoms with E-state index in [1.807, 2.05) is 6.92 Å². The average Bonchev–Trinajstić information content (AvgIpc) is 3.08. The molecule has 0 spiro atoms. The highest BCUT2D eigenvalue weighted by atomic mass is 35.5. The van der Waals surface area contributed by atoms with Crippen molar-refractivity contribution in [1.82, 2.24) is 20.3 Å². The molecule has 1 aliphatic rings. The molecule has 3 aromatic rings. The van der Waals surface area contributed by atoms with Gasteiger partial charge in [-0.2, -0.15) is 0 Å². The Balaban J connectivity index is 1.60. The molecule has 8 heteroatoms. The highest BCUT2D eigenvalue weighted by Crippen LogP contribution is 2.32. The maximum atomic E-state index is 12.4. The summed E-state index contributed by atoms with van der Waals surface area (Å²) < 4.78 is 0. The summed E-state index contributed by atoms with van der Waals surface area (Å²) >= 11 is 6.01. The zero-order chi connectivity index (χ0) is 19.7. The lowest BCUT2D eigenvalue weighted by Gasteiger charge is -2.23. The van der Waals surface area contributed by atoms with Gasteiger partial charge in [-0.3, -0.25) is 0 Å². The first-order chi connectivity index (χ1) is 13.5. The number of hydrogen-bond donors (Lipinski definition) is 3. The lowest BCUT2D eigenvalue weighted by atomic mass is 9.96. The number of hydrogen-bond acceptors (Lipinski definition) is 4. The second-order valence-electron chi connectivity index (χ2n) is 7.24. The SMILES string of the molecule is Cc1cc(NC(=O)NC2CCCCC2)c(O)c(-n2nc3ccc(Cl)cc3n2)c1. The van der Waals surface area contributed by atoms with Crippen LogP contribution in [0.4, 0.5) is 10.5 Å². The highest BCUT2D eigenvalue weighted by molar-refractivity contribution is 6.31. The van der Waals surface area contributed by atoms with Gasteiger partial charge in [-0.1, -0.05) is 30.9 Å². The van der Waals surface area contributed by atoms with E-state index in [2.05, 4.69) is 20.8 Å². The van der Waals surface area contributed by atoms with Crippen LogP contribution in [0.5, 0.6) is 5.75 Å². The zero-order valence-corrected chi connectivity index (χ0v) is 16.3. The molecule has 3 N–H and O–H groups in total. The van der Waals surface area contributed by atoms with Gasteiger partial charge in [-0.25, -0.2) is 4.79 Å². The molecule has 1 fully saturated rings. The Morgan fingerprint density at radius 3 is 2.68 bits per heavy atom. The van der Waals surface area contributed by atoms with Crippen molar-refractivity contribution in [2.24, 2.45) is 0 Å².